The zero-order chi connectivity index (χ0) is 39.4. The number of rotatable bonds is 16. The van der Waals surface area contributed by atoms with E-state index >= 15 is 0 Å². The van der Waals surface area contributed by atoms with Crippen molar-refractivity contribution in [2.24, 2.45) is 0 Å². The molecule has 9 nitrogen and oxygen atoms in total. The second-order valence-electron chi connectivity index (χ2n) is 11.9. The van der Waals surface area contributed by atoms with Crippen LogP contribution in [0.4, 0.5) is 0 Å². The first kappa shape index (κ1) is 40.7. The minimum absolute atomic E-state index is 0.130. The second kappa shape index (κ2) is 21.4. The molecule has 0 radical (unpaired) electrons. The SMILES string of the molecule is C=CC(=O)OCCc1ccc(C#Cc2ccc(COc3ccc(C#Cc4ccc(CCOC(=O)C=C)cc4)cc3C(=O)OCCOC(=O)C(=C)C)cc2)cc1. The Morgan fingerprint density at radius 2 is 1.00 bits per heavy atom. The highest BCUT2D eigenvalue weighted by molar-refractivity contribution is 5.93. The highest BCUT2D eigenvalue weighted by Crippen LogP contribution is 2.23. The van der Waals surface area contributed by atoms with Crippen LogP contribution in [0.1, 0.15) is 56.2 Å². The van der Waals surface area contributed by atoms with E-state index in [1.807, 2.05) is 72.8 Å². The summed E-state index contributed by atoms with van der Waals surface area (Å²) >= 11 is 0. The molecule has 0 N–H and O–H groups in total. The fourth-order valence-corrected chi connectivity index (χ4v) is 4.66. The lowest BCUT2D eigenvalue weighted by molar-refractivity contribution is -0.140. The van der Waals surface area contributed by atoms with Gasteiger partial charge in [-0.15, -0.1) is 0 Å². The molecule has 4 aromatic carbocycles. The summed E-state index contributed by atoms with van der Waals surface area (Å²) in [4.78, 5) is 47.4. The summed E-state index contributed by atoms with van der Waals surface area (Å²) in [7, 11) is 0. The number of hydrogen-bond acceptors (Lipinski definition) is 9. The molecule has 4 aromatic rings. The first-order valence-corrected chi connectivity index (χ1v) is 17.3. The minimum atomic E-state index is -0.665. The van der Waals surface area contributed by atoms with Crippen molar-refractivity contribution in [2.75, 3.05) is 26.4 Å². The summed E-state index contributed by atoms with van der Waals surface area (Å²) in [5, 5.41) is 0. The van der Waals surface area contributed by atoms with Crippen molar-refractivity contribution < 1.29 is 42.9 Å². The van der Waals surface area contributed by atoms with Crippen molar-refractivity contribution in [3.63, 3.8) is 0 Å². The maximum Gasteiger partial charge on any atom is 0.342 e. The fourth-order valence-electron chi connectivity index (χ4n) is 4.66. The van der Waals surface area contributed by atoms with E-state index in [0.29, 0.717) is 24.2 Å². The summed E-state index contributed by atoms with van der Waals surface area (Å²) in [5.41, 5.74) is 6.23. The lowest BCUT2D eigenvalue weighted by atomic mass is 10.1. The van der Waals surface area contributed by atoms with Crippen LogP contribution in [0.15, 0.2) is 128 Å². The van der Waals surface area contributed by atoms with Crippen molar-refractivity contribution in [3.05, 3.63) is 173 Å². The molecule has 0 amide bonds. The van der Waals surface area contributed by atoms with Gasteiger partial charge in [0.25, 0.3) is 0 Å². The molecule has 0 aliphatic rings. The maximum atomic E-state index is 13.2. The van der Waals surface area contributed by atoms with E-state index < -0.39 is 23.9 Å². The third-order valence-electron chi connectivity index (χ3n) is 7.66. The van der Waals surface area contributed by atoms with Gasteiger partial charge in [-0.1, -0.05) is 79.8 Å². The molecule has 0 aliphatic heterocycles. The van der Waals surface area contributed by atoms with Crippen LogP contribution < -0.4 is 4.74 Å². The Balaban J connectivity index is 1.40. The molecule has 0 fully saturated rings. The number of ether oxygens (including phenoxy) is 5. The van der Waals surface area contributed by atoms with Crippen molar-refractivity contribution in [1.29, 1.82) is 0 Å². The Morgan fingerprint density at radius 3 is 1.47 bits per heavy atom. The van der Waals surface area contributed by atoms with E-state index in [1.54, 1.807) is 18.2 Å². The summed E-state index contributed by atoms with van der Waals surface area (Å²) in [6, 6.07) is 27.8. The maximum absolute atomic E-state index is 13.2. The third kappa shape index (κ3) is 14.1. The molecule has 0 aromatic heterocycles. The Labute approximate surface area is 321 Å². The number of carbonyl (C=O) groups is 4. The van der Waals surface area contributed by atoms with Gasteiger partial charge in [-0.3, -0.25) is 0 Å². The monoisotopic (exact) mass is 736 g/mol. The summed E-state index contributed by atoms with van der Waals surface area (Å²) in [6.45, 7) is 12.2. The van der Waals surface area contributed by atoms with Gasteiger partial charge in [0.05, 0.1) is 13.2 Å². The molecular formula is C46H40O9. The topological polar surface area (TPSA) is 114 Å². The molecule has 55 heavy (non-hydrogen) atoms. The predicted molar refractivity (Wildman–Crippen MR) is 208 cm³/mol. The van der Waals surface area contributed by atoms with Crippen LogP contribution in [-0.2, 0) is 52.8 Å². The quantitative estimate of drug-likeness (QED) is 0.0399. The molecule has 0 bridgehead atoms. The summed E-state index contributed by atoms with van der Waals surface area (Å²) < 4.78 is 26.6. The highest BCUT2D eigenvalue weighted by atomic mass is 16.6. The molecule has 0 aliphatic carbocycles. The van der Waals surface area contributed by atoms with E-state index in [2.05, 4.69) is 43.4 Å². The number of carbonyl (C=O) groups excluding carboxylic acids is 4. The largest absolute Gasteiger partial charge is 0.488 e. The first-order valence-electron chi connectivity index (χ1n) is 17.3. The Kier molecular flexibility index (Phi) is 15.8. The average Bonchev–Trinajstić information content (AvgIpc) is 3.21. The molecule has 0 unspecified atom stereocenters. The molecule has 9 heteroatoms. The van der Waals surface area contributed by atoms with Gasteiger partial charge >= 0.3 is 23.9 Å². The van der Waals surface area contributed by atoms with E-state index in [0.717, 1.165) is 45.5 Å². The van der Waals surface area contributed by atoms with Crippen LogP contribution in [0, 0.1) is 23.7 Å². The molecule has 0 saturated carbocycles. The molecular weight excluding hydrogens is 696 g/mol. The van der Waals surface area contributed by atoms with Gasteiger partial charge in [-0.25, -0.2) is 19.2 Å². The number of esters is 4. The fraction of sp³-hybridized carbons (Fsp3) is 0.174. The lowest BCUT2D eigenvalue weighted by Gasteiger charge is -2.12. The number of benzene rings is 4. The highest BCUT2D eigenvalue weighted by Gasteiger charge is 2.16. The van der Waals surface area contributed by atoms with Gasteiger partial charge in [0.2, 0.25) is 0 Å². The summed E-state index contributed by atoms with van der Waals surface area (Å²) in [5.74, 6) is 10.6. The third-order valence-corrected chi connectivity index (χ3v) is 7.66. The minimum Gasteiger partial charge on any atom is -0.488 e. The van der Waals surface area contributed by atoms with Crippen LogP contribution >= 0.6 is 0 Å². The van der Waals surface area contributed by atoms with E-state index in [4.69, 9.17) is 23.7 Å². The molecule has 0 spiro atoms. The van der Waals surface area contributed by atoms with Crippen LogP contribution in [0.2, 0.25) is 0 Å². The first-order chi connectivity index (χ1) is 26.6. The van der Waals surface area contributed by atoms with Gasteiger partial charge in [-0.05, 0) is 78.2 Å². The second-order valence-corrected chi connectivity index (χ2v) is 11.9. The average molecular weight is 737 g/mol. The zero-order valence-corrected chi connectivity index (χ0v) is 30.6. The van der Waals surface area contributed by atoms with Crippen molar-refractivity contribution >= 4 is 23.9 Å². The lowest BCUT2D eigenvalue weighted by Crippen LogP contribution is -2.15. The van der Waals surface area contributed by atoms with E-state index in [1.165, 1.54) is 6.92 Å². The van der Waals surface area contributed by atoms with Gasteiger partial charge in [0, 0.05) is 52.8 Å². The van der Waals surface area contributed by atoms with E-state index in [-0.39, 0.29) is 44.2 Å². The van der Waals surface area contributed by atoms with Crippen molar-refractivity contribution in [1.82, 2.24) is 0 Å². The Hall–Kier alpha value is -7.10. The smallest absolute Gasteiger partial charge is 0.342 e. The van der Waals surface area contributed by atoms with Crippen molar-refractivity contribution in [3.8, 4) is 29.4 Å². The Morgan fingerprint density at radius 1 is 0.564 bits per heavy atom. The normalized spacial score (nSPS) is 9.91. The Bertz CT molecular complexity index is 2140. The molecule has 4 rings (SSSR count). The number of hydrogen-bond donors (Lipinski definition) is 0. The van der Waals surface area contributed by atoms with Gasteiger partial charge < -0.3 is 23.7 Å². The molecule has 278 valence electrons. The molecule has 0 heterocycles. The van der Waals surface area contributed by atoms with Gasteiger partial charge in [-0.2, -0.15) is 0 Å². The van der Waals surface area contributed by atoms with E-state index in [9.17, 15) is 19.2 Å². The molecule has 0 atom stereocenters. The van der Waals surface area contributed by atoms with Gasteiger partial charge in [0.1, 0.15) is 31.1 Å². The van der Waals surface area contributed by atoms with Crippen LogP contribution in [0.5, 0.6) is 5.75 Å². The zero-order valence-electron chi connectivity index (χ0n) is 30.6. The predicted octanol–water partition coefficient (Wildman–Crippen LogP) is 6.88. The molecule has 0 saturated heterocycles. The summed E-state index contributed by atoms with van der Waals surface area (Å²) in [6.07, 6.45) is 3.42. The van der Waals surface area contributed by atoms with Crippen molar-refractivity contribution in [2.45, 2.75) is 26.4 Å². The van der Waals surface area contributed by atoms with Crippen LogP contribution in [0.3, 0.4) is 0 Å². The van der Waals surface area contributed by atoms with Crippen LogP contribution in [0.25, 0.3) is 0 Å². The van der Waals surface area contributed by atoms with Crippen LogP contribution in [-0.4, -0.2) is 50.3 Å². The van der Waals surface area contributed by atoms with Gasteiger partial charge in [0.15, 0.2) is 0 Å². The standard InChI is InChI=1S/C46H40O9/c1-5-43(47)51-27-25-37-13-9-34(10-14-37)7-8-36-18-21-40(22-19-36)32-55-42-24-23-39(31-41(42)46(50)54-30-29-53-45(49)33(3)4)20-17-35-11-15-38(16-12-35)26-28-52-44(48)6-2/h5-6,9-16,18-19,21-24,31H,1-3,25-30,32H2,4H3.